The molecule has 2 aliphatic rings. The van der Waals surface area contributed by atoms with E-state index in [0.717, 1.165) is 31.7 Å². The van der Waals surface area contributed by atoms with Crippen LogP contribution < -0.4 is 0 Å². The van der Waals surface area contributed by atoms with Crippen molar-refractivity contribution >= 4 is 23.1 Å². The zero-order chi connectivity index (χ0) is 13.7. The van der Waals surface area contributed by atoms with Crippen molar-refractivity contribution < 1.29 is 0 Å². The van der Waals surface area contributed by atoms with Gasteiger partial charge in [0, 0.05) is 56.2 Å². The van der Waals surface area contributed by atoms with Gasteiger partial charge in [-0.15, -0.1) is 5.10 Å². The molecule has 4 rings (SSSR count). The first-order chi connectivity index (χ1) is 9.72. The monoisotopic (exact) mass is 309 g/mol. The zero-order valence-electron chi connectivity index (χ0n) is 11.3. The molecule has 2 aromatic heterocycles. The van der Waals surface area contributed by atoms with Gasteiger partial charge in [-0.1, -0.05) is 16.1 Å². The van der Waals surface area contributed by atoms with Gasteiger partial charge in [-0.25, -0.2) is 4.98 Å². The average molecular weight is 310 g/mol. The van der Waals surface area contributed by atoms with Crippen LogP contribution in [0.2, 0.25) is 4.34 Å². The lowest BCUT2D eigenvalue weighted by molar-refractivity contribution is 0.237. The molecular weight excluding hydrogens is 294 g/mol. The highest BCUT2D eigenvalue weighted by Gasteiger charge is 2.31. The number of hydrogen-bond acceptors (Lipinski definition) is 5. The van der Waals surface area contributed by atoms with Crippen LogP contribution in [-0.2, 0) is 26.6 Å². The molecule has 1 fully saturated rings. The summed E-state index contributed by atoms with van der Waals surface area (Å²) in [6, 6.07) is 0. The van der Waals surface area contributed by atoms with E-state index in [1.165, 1.54) is 41.6 Å². The molecular formula is C13H16ClN5S. The minimum atomic E-state index is 0.704. The summed E-state index contributed by atoms with van der Waals surface area (Å²) in [6.45, 7) is 2.69. The molecule has 5 nitrogen and oxygen atoms in total. The first kappa shape index (κ1) is 12.7. The Morgan fingerprint density at radius 1 is 1.40 bits per heavy atom. The van der Waals surface area contributed by atoms with E-state index in [1.807, 2.05) is 0 Å². The third-order valence-electron chi connectivity index (χ3n) is 4.19. The van der Waals surface area contributed by atoms with Gasteiger partial charge < -0.3 is 4.57 Å². The topological polar surface area (TPSA) is 46.8 Å². The Morgan fingerprint density at radius 2 is 2.25 bits per heavy atom. The SMILES string of the molecule is Cn1c(C2CC2)nc2c1CCN(Cc1nnsc1Cl)C2. The summed E-state index contributed by atoms with van der Waals surface area (Å²) in [5, 5.41) is 4.10. The number of imidazole rings is 1. The standard InChI is InChI=1S/C13H16ClN5S/c1-18-11-4-5-19(7-10-12(14)20-17-16-10)6-9(11)15-13(18)8-2-3-8/h8H,2-7H2,1H3. The fourth-order valence-electron chi connectivity index (χ4n) is 2.95. The number of nitrogens with zero attached hydrogens (tertiary/aromatic N) is 5. The van der Waals surface area contributed by atoms with E-state index in [9.17, 15) is 0 Å². The van der Waals surface area contributed by atoms with Crippen molar-refractivity contribution in [2.24, 2.45) is 7.05 Å². The molecule has 0 radical (unpaired) electrons. The second-order valence-corrected chi connectivity index (χ2v) is 7.01. The summed E-state index contributed by atoms with van der Waals surface area (Å²) in [6.07, 6.45) is 3.65. The zero-order valence-corrected chi connectivity index (χ0v) is 12.9. The Labute approximate surface area is 126 Å². The fourth-order valence-corrected chi connectivity index (χ4v) is 3.56. The molecule has 1 aliphatic heterocycles. The molecule has 7 heteroatoms. The van der Waals surface area contributed by atoms with Crippen molar-refractivity contribution in [2.45, 2.75) is 38.3 Å². The number of aromatic nitrogens is 4. The number of fused-ring (bicyclic) bond motifs is 1. The summed E-state index contributed by atoms with van der Waals surface area (Å²) in [5.41, 5.74) is 3.53. The quantitative estimate of drug-likeness (QED) is 0.873. The Kier molecular flexibility index (Phi) is 3.05. The van der Waals surface area contributed by atoms with E-state index in [0.29, 0.717) is 10.3 Å². The maximum Gasteiger partial charge on any atom is 0.138 e. The van der Waals surface area contributed by atoms with Crippen LogP contribution in [-0.4, -0.2) is 30.6 Å². The smallest absolute Gasteiger partial charge is 0.138 e. The lowest BCUT2D eigenvalue weighted by atomic mass is 10.1. The van der Waals surface area contributed by atoms with Crippen LogP contribution >= 0.6 is 23.1 Å². The predicted molar refractivity (Wildman–Crippen MR) is 77.9 cm³/mol. The Morgan fingerprint density at radius 3 is 2.95 bits per heavy atom. The normalized spacial score (nSPS) is 19.3. The molecule has 0 saturated heterocycles. The largest absolute Gasteiger partial charge is 0.335 e. The second kappa shape index (κ2) is 4.79. The lowest BCUT2D eigenvalue weighted by Gasteiger charge is -2.25. The van der Waals surface area contributed by atoms with Crippen molar-refractivity contribution in [3.8, 4) is 0 Å². The third kappa shape index (κ3) is 2.16. The Balaban J connectivity index is 1.54. The van der Waals surface area contributed by atoms with Crippen molar-refractivity contribution in [1.29, 1.82) is 0 Å². The Bertz CT molecular complexity index is 645. The molecule has 0 aromatic carbocycles. The molecule has 1 saturated carbocycles. The van der Waals surface area contributed by atoms with E-state index in [4.69, 9.17) is 16.6 Å². The van der Waals surface area contributed by atoms with Crippen LogP contribution in [0.1, 0.15) is 41.7 Å². The van der Waals surface area contributed by atoms with Gasteiger partial charge in [-0.2, -0.15) is 0 Å². The minimum Gasteiger partial charge on any atom is -0.335 e. The molecule has 0 N–H and O–H groups in total. The first-order valence-corrected chi connectivity index (χ1v) is 8.11. The molecule has 0 unspecified atom stereocenters. The summed E-state index contributed by atoms with van der Waals surface area (Å²) in [5.74, 6) is 1.99. The number of hydrogen-bond donors (Lipinski definition) is 0. The van der Waals surface area contributed by atoms with E-state index >= 15 is 0 Å². The van der Waals surface area contributed by atoms with Crippen molar-refractivity contribution in [2.75, 3.05) is 6.54 Å². The highest BCUT2D eigenvalue weighted by Crippen LogP contribution is 2.40. The first-order valence-electron chi connectivity index (χ1n) is 6.96. The lowest BCUT2D eigenvalue weighted by Crippen LogP contribution is -2.31. The molecule has 106 valence electrons. The molecule has 3 heterocycles. The second-order valence-electron chi connectivity index (χ2n) is 5.65. The molecule has 0 spiro atoms. The minimum absolute atomic E-state index is 0.704. The molecule has 2 aromatic rings. The fraction of sp³-hybridized carbons (Fsp3) is 0.615. The molecule has 20 heavy (non-hydrogen) atoms. The van der Waals surface area contributed by atoms with E-state index in [-0.39, 0.29) is 0 Å². The summed E-state index contributed by atoms with van der Waals surface area (Å²) in [4.78, 5) is 7.22. The Hall–Kier alpha value is -0.980. The molecule has 0 atom stereocenters. The van der Waals surface area contributed by atoms with E-state index in [2.05, 4.69) is 26.1 Å². The molecule has 0 amide bonds. The van der Waals surface area contributed by atoms with Crippen LogP contribution in [0.25, 0.3) is 0 Å². The van der Waals surface area contributed by atoms with Gasteiger partial charge in [0.1, 0.15) is 15.9 Å². The van der Waals surface area contributed by atoms with Gasteiger partial charge in [0.05, 0.1) is 5.69 Å². The van der Waals surface area contributed by atoms with Gasteiger partial charge in [0.15, 0.2) is 0 Å². The van der Waals surface area contributed by atoms with E-state index < -0.39 is 0 Å². The summed E-state index contributed by atoms with van der Waals surface area (Å²) in [7, 11) is 2.16. The molecule has 0 bridgehead atoms. The predicted octanol–water partition coefficient (Wildman–Crippen LogP) is 2.36. The van der Waals surface area contributed by atoms with Crippen LogP contribution in [0.4, 0.5) is 0 Å². The van der Waals surface area contributed by atoms with Gasteiger partial charge in [-0.05, 0) is 12.8 Å². The van der Waals surface area contributed by atoms with Crippen molar-refractivity contribution in [3.63, 3.8) is 0 Å². The number of halogens is 1. The van der Waals surface area contributed by atoms with Crippen molar-refractivity contribution in [1.82, 2.24) is 24.0 Å². The van der Waals surface area contributed by atoms with Gasteiger partial charge in [0.25, 0.3) is 0 Å². The van der Waals surface area contributed by atoms with Crippen LogP contribution in [0, 0.1) is 0 Å². The number of rotatable bonds is 3. The highest BCUT2D eigenvalue weighted by atomic mass is 35.5. The van der Waals surface area contributed by atoms with Gasteiger partial charge in [-0.3, -0.25) is 4.90 Å². The summed E-state index contributed by atoms with van der Waals surface area (Å²) >= 11 is 7.34. The molecule has 1 aliphatic carbocycles. The van der Waals surface area contributed by atoms with Crippen molar-refractivity contribution in [3.05, 3.63) is 27.2 Å². The highest BCUT2D eigenvalue weighted by molar-refractivity contribution is 7.10. The van der Waals surface area contributed by atoms with Gasteiger partial charge >= 0.3 is 0 Å². The van der Waals surface area contributed by atoms with Crippen LogP contribution in [0.5, 0.6) is 0 Å². The maximum atomic E-state index is 6.09. The van der Waals surface area contributed by atoms with Crippen LogP contribution in [0.15, 0.2) is 0 Å². The maximum absolute atomic E-state index is 6.09. The van der Waals surface area contributed by atoms with Crippen LogP contribution in [0.3, 0.4) is 0 Å². The van der Waals surface area contributed by atoms with Gasteiger partial charge in [0.2, 0.25) is 0 Å². The summed E-state index contributed by atoms with van der Waals surface area (Å²) < 4.78 is 6.92. The van der Waals surface area contributed by atoms with E-state index in [1.54, 1.807) is 0 Å². The third-order valence-corrected chi connectivity index (χ3v) is 5.18. The average Bonchev–Trinajstić information content (AvgIpc) is 3.13.